The molecule has 0 aliphatic heterocycles. The van der Waals surface area contributed by atoms with Crippen LogP contribution in [0.1, 0.15) is 59.6 Å². The molecule has 1 aromatic rings. The van der Waals surface area contributed by atoms with Gasteiger partial charge in [0, 0.05) is 20.1 Å². The fraction of sp³-hybridized carbons (Fsp3) is 0.824. The van der Waals surface area contributed by atoms with Crippen molar-refractivity contribution in [3.8, 4) is 0 Å². The maximum atomic E-state index is 6.38. The summed E-state index contributed by atoms with van der Waals surface area (Å²) in [7, 11) is 2.02. The number of anilines is 2. The van der Waals surface area contributed by atoms with Gasteiger partial charge in [-0.3, -0.25) is 4.68 Å². The van der Waals surface area contributed by atoms with Gasteiger partial charge in [0.2, 0.25) is 0 Å². The van der Waals surface area contributed by atoms with Crippen LogP contribution in [0.4, 0.5) is 11.5 Å². The first-order valence-electron chi connectivity index (χ1n) is 8.43. The second-order valence-electron chi connectivity index (χ2n) is 6.91. The van der Waals surface area contributed by atoms with Gasteiger partial charge in [-0.1, -0.05) is 41.0 Å². The van der Waals surface area contributed by atoms with Crippen LogP contribution in [0, 0.1) is 11.8 Å². The van der Waals surface area contributed by atoms with Crippen LogP contribution < -0.4 is 10.6 Å². The normalized spacial score (nSPS) is 11.6. The number of hydrogen-bond acceptors (Lipinski definition) is 3. The van der Waals surface area contributed by atoms with Crippen molar-refractivity contribution in [2.45, 2.75) is 60.3 Å². The molecule has 2 N–H and O–H groups in total. The second kappa shape index (κ2) is 8.30. The van der Waals surface area contributed by atoms with Crippen LogP contribution in [-0.2, 0) is 13.5 Å². The van der Waals surface area contributed by atoms with Crippen molar-refractivity contribution in [2.75, 3.05) is 23.7 Å². The number of nitrogens with zero attached hydrogens (tertiary/aromatic N) is 3. The van der Waals surface area contributed by atoms with Gasteiger partial charge >= 0.3 is 0 Å². The minimum Gasteiger partial charge on any atom is -0.394 e. The molecule has 1 heterocycles. The van der Waals surface area contributed by atoms with Crippen LogP contribution in [0.2, 0.25) is 0 Å². The van der Waals surface area contributed by atoms with Crippen LogP contribution in [0.25, 0.3) is 0 Å². The largest absolute Gasteiger partial charge is 0.394 e. The molecular formula is C17H34N4. The monoisotopic (exact) mass is 294 g/mol. The van der Waals surface area contributed by atoms with Gasteiger partial charge in [0.1, 0.15) is 5.82 Å². The highest BCUT2D eigenvalue weighted by molar-refractivity contribution is 5.66. The quantitative estimate of drug-likeness (QED) is 0.752. The molecule has 0 saturated heterocycles. The highest BCUT2D eigenvalue weighted by Crippen LogP contribution is 2.28. The molecule has 0 aliphatic carbocycles. The molecule has 0 aromatic carbocycles. The second-order valence-corrected chi connectivity index (χ2v) is 6.91. The van der Waals surface area contributed by atoms with Crippen LogP contribution in [-0.4, -0.2) is 22.9 Å². The Hall–Kier alpha value is -1.19. The third kappa shape index (κ3) is 5.25. The highest BCUT2D eigenvalue weighted by Gasteiger charge is 2.19. The number of hydrogen-bond donors (Lipinski definition) is 1. The van der Waals surface area contributed by atoms with E-state index in [1.165, 1.54) is 12.8 Å². The fourth-order valence-electron chi connectivity index (χ4n) is 2.53. The minimum atomic E-state index is 0.705. The van der Waals surface area contributed by atoms with Crippen molar-refractivity contribution in [2.24, 2.45) is 18.9 Å². The van der Waals surface area contributed by atoms with Crippen molar-refractivity contribution < 1.29 is 0 Å². The molecule has 4 heteroatoms. The van der Waals surface area contributed by atoms with Crippen molar-refractivity contribution in [1.29, 1.82) is 0 Å². The summed E-state index contributed by atoms with van der Waals surface area (Å²) in [5.41, 5.74) is 8.31. The Morgan fingerprint density at radius 1 is 1.10 bits per heavy atom. The van der Waals surface area contributed by atoms with Gasteiger partial charge in [-0.25, -0.2) is 0 Å². The first kappa shape index (κ1) is 17.9. The van der Waals surface area contributed by atoms with E-state index in [1.807, 2.05) is 11.7 Å². The summed E-state index contributed by atoms with van der Waals surface area (Å²) in [4.78, 5) is 2.43. The van der Waals surface area contributed by atoms with Crippen LogP contribution in [0.5, 0.6) is 0 Å². The summed E-state index contributed by atoms with van der Waals surface area (Å²) in [6.07, 6.45) is 4.41. The molecule has 0 spiro atoms. The summed E-state index contributed by atoms with van der Waals surface area (Å²) < 4.78 is 1.97. The predicted octanol–water partition coefficient (Wildman–Crippen LogP) is 3.85. The van der Waals surface area contributed by atoms with E-state index in [2.05, 4.69) is 44.6 Å². The maximum absolute atomic E-state index is 6.38. The van der Waals surface area contributed by atoms with E-state index in [9.17, 15) is 0 Å². The molecule has 0 saturated carbocycles. The molecule has 0 fully saturated rings. The van der Waals surface area contributed by atoms with E-state index >= 15 is 0 Å². The molecule has 0 aliphatic rings. The Kier molecular flexibility index (Phi) is 7.06. The summed E-state index contributed by atoms with van der Waals surface area (Å²) in [5.74, 6) is 2.52. The molecule has 1 rings (SSSR count). The Balaban J connectivity index is 2.95. The molecule has 1 aromatic heterocycles. The van der Waals surface area contributed by atoms with Gasteiger partial charge in [-0.15, -0.1) is 0 Å². The lowest BCUT2D eigenvalue weighted by molar-refractivity contribution is 0.527. The van der Waals surface area contributed by atoms with E-state index in [-0.39, 0.29) is 0 Å². The van der Waals surface area contributed by atoms with Crippen LogP contribution >= 0.6 is 0 Å². The SMILES string of the molecule is CCCc1nn(C)c(N(CCC(C)C)CCC(C)C)c1N. The Labute approximate surface area is 130 Å². The zero-order chi connectivity index (χ0) is 16.0. The van der Waals surface area contributed by atoms with Gasteiger partial charge in [0.15, 0.2) is 0 Å². The number of nitrogens with two attached hydrogens (primary N) is 1. The topological polar surface area (TPSA) is 47.1 Å². The fourth-order valence-corrected chi connectivity index (χ4v) is 2.53. The van der Waals surface area contributed by atoms with Crippen molar-refractivity contribution in [1.82, 2.24) is 9.78 Å². The van der Waals surface area contributed by atoms with E-state index in [1.54, 1.807) is 0 Å². The Morgan fingerprint density at radius 3 is 2.05 bits per heavy atom. The Bertz CT molecular complexity index is 409. The highest BCUT2D eigenvalue weighted by atomic mass is 15.4. The summed E-state index contributed by atoms with van der Waals surface area (Å²) >= 11 is 0. The van der Waals surface area contributed by atoms with Gasteiger partial charge in [0.05, 0.1) is 11.4 Å². The van der Waals surface area contributed by atoms with E-state index in [0.717, 1.165) is 43.1 Å². The number of rotatable bonds is 9. The Morgan fingerprint density at radius 2 is 1.62 bits per heavy atom. The standard InChI is InChI=1S/C17H34N4/c1-7-8-15-16(18)17(20(6)19-15)21(11-9-13(2)3)12-10-14(4)5/h13-14H,7-12,18H2,1-6H3. The van der Waals surface area contributed by atoms with Gasteiger partial charge in [0.25, 0.3) is 0 Å². The summed E-state index contributed by atoms with van der Waals surface area (Å²) in [5, 5.41) is 4.63. The molecule has 0 radical (unpaired) electrons. The van der Waals surface area contributed by atoms with Gasteiger partial charge in [-0.2, -0.15) is 5.10 Å². The number of aromatic nitrogens is 2. The van der Waals surface area contributed by atoms with Crippen molar-refractivity contribution in [3.63, 3.8) is 0 Å². The smallest absolute Gasteiger partial charge is 0.150 e. The molecule has 0 unspecified atom stereocenters. The summed E-state index contributed by atoms with van der Waals surface area (Å²) in [6.45, 7) is 13.4. The molecule has 4 nitrogen and oxygen atoms in total. The van der Waals surface area contributed by atoms with E-state index < -0.39 is 0 Å². The number of nitrogen functional groups attached to an aromatic ring is 1. The minimum absolute atomic E-state index is 0.705. The average molecular weight is 294 g/mol. The molecule has 0 amide bonds. The first-order valence-corrected chi connectivity index (χ1v) is 8.43. The third-order valence-corrected chi connectivity index (χ3v) is 3.87. The molecule has 0 atom stereocenters. The van der Waals surface area contributed by atoms with Crippen LogP contribution in [0.15, 0.2) is 0 Å². The maximum Gasteiger partial charge on any atom is 0.150 e. The number of aryl methyl sites for hydroxylation is 2. The molecule has 21 heavy (non-hydrogen) atoms. The zero-order valence-corrected chi connectivity index (χ0v) is 14.8. The first-order chi connectivity index (χ1) is 9.86. The zero-order valence-electron chi connectivity index (χ0n) is 14.8. The lowest BCUT2D eigenvalue weighted by atomic mass is 10.1. The van der Waals surface area contributed by atoms with Crippen molar-refractivity contribution in [3.05, 3.63) is 5.69 Å². The van der Waals surface area contributed by atoms with E-state index in [0.29, 0.717) is 11.8 Å². The summed E-state index contributed by atoms with van der Waals surface area (Å²) in [6, 6.07) is 0. The third-order valence-electron chi connectivity index (χ3n) is 3.87. The predicted molar refractivity (Wildman–Crippen MR) is 92.7 cm³/mol. The lowest BCUT2D eigenvalue weighted by Crippen LogP contribution is -2.30. The average Bonchev–Trinajstić information content (AvgIpc) is 2.66. The molecule has 122 valence electrons. The van der Waals surface area contributed by atoms with Gasteiger partial charge in [-0.05, 0) is 31.1 Å². The van der Waals surface area contributed by atoms with E-state index in [4.69, 9.17) is 5.73 Å². The molecular weight excluding hydrogens is 260 g/mol. The molecule has 0 bridgehead atoms. The van der Waals surface area contributed by atoms with Crippen molar-refractivity contribution >= 4 is 11.5 Å². The lowest BCUT2D eigenvalue weighted by Gasteiger charge is -2.27. The van der Waals surface area contributed by atoms with Crippen LogP contribution in [0.3, 0.4) is 0 Å². The van der Waals surface area contributed by atoms with Gasteiger partial charge < -0.3 is 10.6 Å².